The van der Waals surface area contributed by atoms with E-state index in [-0.39, 0.29) is 5.91 Å². The van der Waals surface area contributed by atoms with Gasteiger partial charge in [-0.1, -0.05) is 12.1 Å². The van der Waals surface area contributed by atoms with E-state index in [9.17, 15) is 4.79 Å². The van der Waals surface area contributed by atoms with E-state index in [2.05, 4.69) is 38.4 Å². The number of benzene rings is 1. The molecule has 0 aliphatic heterocycles. The third-order valence-electron chi connectivity index (χ3n) is 3.40. The summed E-state index contributed by atoms with van der Waals surface area (Å²) < 4.78 is 1.16. The molecule has 0 aliphatic rings. The predicted molar refractivity (Wildman–Crippen MR) is 119 cm³/mol. The van der Waals surface area contributed by atoms with E-state index in [1.54, 1.807) is 34.4 Å². The highest BCUT2D eigenvalue weighted by Crippen LogP contribution is 2.27. The maximum atomic E-state index is 12.5. The second kappa shape index (κ2) is 10.5. The number of nitrogens with one attached hydrogen (secondary N) is 1. The molecule has 136 valence electrons. The predicted octanol–water partition coefficient (Wildman–Crippen LogP) is 5.92. The van der Waals surface area contributed by atoms with Gasteiger partial charge in [0.1, 0.15) is 0 Å². The third kappa shape index (κ3) is 6.13. The van der Waals surface area contributed by atoms with Crippen LogP contribution in [0.25, 0.3) is 0 Å². The molecule has 0 radical (unpaired) electrons. The zero-order valence-electron chi connectivity index (χ0n) is 13.8. The van der Waals surface area contributed by atoms with Crippen molar-refractivity contribution in [3.8, 4) is 0 Å². The van der Waals surface area contributed by atoms with E-state index >= 15 is 0 Å². The summed E-state index contributed by atoms with van der Waals surface area (Å²) in [6.45, 7) is 0.668. The number of halogens is 1. The highest BCUT2D eigenvalue weighted by Gasteiger charge is 2.11. The topological polar surface area (TPSA) is 42.0 Å². The van der Waals surface area contributed by atoms with Gasteiger partial charge in [0.25, 0.3) is 5.91 Å². The van der Waals surface area contributed by atoms with Gasteiger partial charge in [-0.15, -0.1) is 34.4 Å². The van der Waals surface area contributed by atoms with Crippen molar-refractivity contribution in [3.63, 3.8) is 0 Å². The van der Waals surface area contributed by atoms with Crippen molar-refractivity contribution < 1.29 is 4.79 Å². The lowest BCUT2D eigenvalue weighted by Gasteiger charge is -2.09. The first-order valence-corrected chi connectivity index (χ1v) is 12.6. The maximum Gasteiger partial charge on any atom is 0.252 e. The third-order valence-corrected chi connectivity index (χ3v) is 7.95. The standard InChI is InChI=1S/C18H17BrN2OS4/c19-17-6-5-14(26-17)11-23-8-7-20-18(22)15-3-1-2-4-16(15)25-10-13-9-24-12-21-13/h1-6,9,12H,7-8,10-11H2,(H,20,22). The second-order valence-electron chi connectivity index (χ2n) is 5.28. The number of nitrogens with zero attached hydrogens (tertiary/aromatic N) is 1. The average Bonchev–Trinajstić information content (AvgIpc) is 3.31. The summed E-state index contributed by atoms with van der Waals surface area (Å²) in [6.07, 6.45) is 0. The molecule has 0 spiro atoms. The molecule has 1 aromatic carbocycles. The first kappa shape index (κ1) is 19.9. The van der Waals surface area contributed by atoms with Gasteiger partial charge < -0.3 is 5.32 Å². The van der Waals surface area contributed by atoms with Gasteiger partial charge in [-0.25, -0.2) is 4.98 Å². The minimum atomic E-state index is -0.00848. The van der Waals surface area contributed by atoms with Crippen molar-refractivity contribution in [1.29, 1.82) is 0 Å². The molecule has 3 nitrogen and oxygen atoms in total. The van der Waals surface area contributed by atoms with E-state index in [0.717, 1.165) is 37.2 Å². The highest BCUT2D eigenvalue weighted by atomic mass is 79.9. The van der Waals surface area contributed by atoms with Crippen LogP contribution in [-0.4, -0.2) is 23.2 Å². The summed E-state index contributed by atoms with van der Waals surface area (Å²) in [7, 11) is 0. The molecular weight excluding hydrogens is 468 g/mol. The van der Waals surface area contributed by atoms with E-state index in [1.165, 1.54) is 4.88 Å². The number of thioether (sulfide) groups is 2. The van der Waals surface area contributed by atoms with Crippen molar-refractivity contribution in [1.82, 2.24) is 10.3 Å². The van der Waals surface area contributed by atoms with Crippen molar-refractivity contribution in [2.24, 2.45) is 0 Å². The lowest BCUT2D eigenvalue weighted by atomic mass is 10.2. The van der Waals surface area contributed by atoms with Crippen LogP contribution in [0.15, 0.2) is 56.0 Å². The molecule has 2 heterocycles. The van der Waals surface area contributed by atoms with Crippen LogP contribution in [0.3, 0.4) is 0 Å². The van der Waals surface area contributed by atoms with Crippen LogP contribution in [0.5, 0.6) is 0 Å². The fourth-order valence-electron chi connectivity index (χ4n) is 2.17. The molecule has 0 fully saturated rings. The molecule has 3 rings (SSSR count). The van der Waals surface area contributed by atoms with Crippen molar-refractivity contribution >= 4 is 68.0 Å². The zero-order chi connectivity index (χ0) is 18.2. The summed E-state index contributed by atoms with van der Waals surface area (Å²) in [5.41, 5.74) is 3.62. The number of carbonyl (C=O) groups excluding carboxylic acids is 1. The molecule has 0 aliphatic carbocycles. The summed E-state index contributed by atoms with van der Waals surface area (Å²) >= 11 is 10.3. The Balaban J connectivity index is 1.45. The lowest BCUT2D eigenvalue weighted by Crippen LogP contribution is -2.26. The van der Waals surface area contributed by atoms with Crippen molar-refractivity contribution in [2.75, 3.05) is 12.3 Å². The number of thiophene rings is 1. The number of rotatable bonds is 9. The van der Waals surface area contributed by atoms with Gasteiger partial charge in [0.05, 0.1) is 20.6 Å². The normalized spacial score (nSPS) is 10.8. The number of amides is 1. The Morgan fingerprint density at radius 2 is 2.08 bits per heavy atom. The Labute approximate surface area is 178 Å². The Kier molecular flexibility index (Phi) is 8.07. The van der Waals surface area contributed by atoms with Crippen LogP contribution in [0.1, 0.15) is 20.9 Å². The number of thiazole rings is 1. The molecule has 0 atom stereocenters. The minimum absolute atomic E-state index is 0.00848. The lowest BCUT2D eigenvalue weighted by molar-refractivity contribution is 0.0953. The van der Waals surface area contributed by atoms with Crippen LogP contribution >= 0.6 is 62.1 Å². The van der Waals surface area contributed by atoms with E-state index < -0.39 is 0 Å². The first-order chi connectivity index (χ1) is 12.7. The molecule has 1 amide bonds. The summed E-state index contributed by atoms with van der Waals surface area (Å²) in [4.78, 5) is 19.1. The Morgan fingerprint density at radius 1 is 1.19 bits per heavy atom. The molecule has 0 saturated heterocycles. The van der Waals surface area contributed by atoms with Gasteiger partial charge in [0.2, 0.25) is 0 Å². The number of hydrogen-bond donors (Lipinski definition) is 1. The molecule has 0 saturated carbocycles. The van der Waals surface area contributed by atoms with Crippen LogP contribution in [0.2, 0.25) is 0 Å². The van der Waals surface area contributed by atoms with Crippen molar-refractivity contribution in [2.45, 2.75) is 16.4 Å². The Hall–Kier alpha value is -0.800. The summed E-state index contributed by atoms with van der Waals surface area (Å²) in [5.74, 6) is 2.65. The maximum absolute atomic E-state index is 12.5. The Bertz CT molecular complexity index is 835. The van der Waals surface area contributed by atoms with Gasteiger partial charge >= 0.3 is 0 Å². The number of carbonyl (C=O) groups is 1. The fraction of sp³-hybridized carbons (Fsp3) is 0.222. The minimum Gasteiger partial charge on any atom is -0.351 e. The van der Waals surface area contributed by atoms with Gasteiger partial charge in [-0.2, -0.15) is 11.8 Å². The zero-order valence-corrected chi connectivity index (χ0v) is 18.7. The van der Waals surface area contributed by atoms with Crippen molar-refractivity contribution in [3.05, 3.63) is 67.2 Å². The highest BCUT2D eigenvalue weighted by molar-refractivity contribution is 9.11. The summed E-state index contributed by atoms with van der Waals surface area (Å²) in [6, 6.07) is 12.0. The molecule has 0 bridgehead atoms. The van der Waals surface area contributed by atoms with E-state index in [0.29, 0.717) is 6.54 Å². The van der Waals surface area contributed by atoms with Crippen LogP contribution in [-0.2, 0) is 11.5 Å². The fourth-order valence-corrected chi connectivity index (χ4v) is 6.24. The molecule has 1 N–H and O–H groups in total. The monoisotopic (exact) mass is 484 g/mol. The van der Waals surface area contributed by atoms with Crippen LogP contribution in [0.4, 0.5) is 0 Å². The van der Waals surface area contributed by atoms with Crippen LogP contribution < -0.4 is 5.32 Å². The van der Waals surface area contributed by atoms with E-state index in [4.69, 9.17) is 0 Å². The number of aromatic nitrogens is 1. The van der Waals surface area contributed by atoms with Gasteiger partial charge in [-0.3, -0.25) is 4.79 Å². The van der Waals surface area contributed by atoms with Gasteiger partial charge in [-0.05, 0) is 40.2 Å². The molecule has 26 heavy (non-hydrogen) atoms. The smallest absolute Gasteiger partial charge is 0.252 e. The second-order valence-corrected chi connectivity index (χ2v) is 10.7. The summed E-state index contributed by atoms with van der Waals surface area (Å²) in [5, 5.41) is 5.07. The first-order valence-electron chi connectivity index (χ1n) is 7.91. The largest absolute Gasteiger partial charge is 0.351 e. The average molecular weight is 486 g/mol. The molecule has 8 heteroatoms. The SMILES string of the molecule is O=C(NCCSCc1ccc(Br)s1)c1ccccc1SCc1cscn1. The molecule has 3 aromatic rings. The molecule has 0 unspecified atom stereocenters. The number of hydrogen-bond acceptors (Lipinski definition) is 6. The quantitative estimate of drug-likeness (QED) is 0.302. The molecular formula is C18H17BrN2OS4. The van der Waals surface area contributed by atoms with Crippen LogP contribution in [0, 0.1) is 0 Å². The van der Waals surface area contributed by atoms with Gasteiger partial charge in [0, 0.05) is 39.0 Å². The molecule has 2 aromatic heterocycles. The van der Waals surface area contributed by atoms with E-state index in [1.807, 2.05) is 46.9 Å². The van der Waals surface area contributed by atoms with Gasteiger partial charge in [0.15, 0.2) is 0 Å². The Morgan fingerprint density at radius 3 is 2.85 bits per heavy atom.